The van der Waals surface area contributed by atoms with Crippen LogP contribution >= 0.6 is 0 Å². The molecule has 0 unspecified atom stereocenters. The zero-order valence-corrected chi connectivity index (χ0v) is 16.1. The van der Waals surface area contributed by atoms with Crippen molar-refractivity contribution in [2.45, 2.75) is 12.8 Å². The standard InChI is InChI=1S/C24H22N2O2/c1-25(2)19-14-15-20-21(16-19)24(28)26(23(20)27)22-11-7-6-10-18(22)13-12-17-8-4-3-5-9-17/h3-11,14-16H,12-13H2,1-2H3. The van der Waals surface area contributed by atoms with E-state index in [-0.39, 0.29) is 11.8 Å². The summed E-state index contributed by atoms with van der Waals surface area (Å²) >= 11 is 0. The Balaban J connectivity index is 1.66. The average Bonchev–Trinajstić information content (AvgIpc) is 2.97. The van der Waals surface area contributed by atoms with Crippen LogP contribution in [0.25, 0.3) is 0 Å². The summed E-state index contributed by atoms with van der Waals surface area (Å²) in [5, 5.41) is 0. The van der Waals surface area contributed by atoms with Gasteiger partial charge in [-0.3, -0.25) is 9.59 Å². The van der Waals surface area contributed by atoms with Gasteiger partial charge < -0.3 is 4.90 Å². The first-order chi connectivity index (χ1) is 13.6. The molecule has 1 aliphatic heterocycles. The highest BCUT2D eigenvalue weighted by Gasteiger charge is 2.37. The monoisotopic (exact) mass is 370 g/mol. The molecule has 28 heavy (non-hydrogen) atoms. The molecule has 0 radical (unpaired) electrons. The quantitative estimate of drug-likeness (QED) is 0.628. The molecule has 3 aromatic carbocycles. The summed E-state index contributed by atoms with van der Waals surface area (Å²) in [5.41, 5.74) is 4.74. The lowest BCUT2D eigenvalue weighted by Gasteiger charge is -2.18. The van der Waals surface area contributed by atoms with Gasteiger partial charge in [0.05, 0.1) is 16.8 Å². The number of para-hydroxylation sites is 1. The number of fused-ring (bicyclic) bond motifs is 1. The minimum Gasteiger partial charge on any atom is -0.378 e. The summed E-state index contributed by atoms with van der Waals surface area (Å²) in [6, 6.07) is 23.3. The summed E-state index contributed by atoms with van der Waals surface area (Å²) in [5.74, 6) is -0.506. The number of carbonyl (C=O) groups excluding carboxylic acids is 2. The zero-order chi connectivity index (χ0) is 19.7. The molecule has 3 aromatic rings. The first-order valence-corrected chi connectivity index (χ1v) is 9.38. The van der Waals surface area contributed by atoms with Crippen LogP contribution in [0.4, 0.5) is 11.4 Å². The Kier molecular flexibility index (Phi) is 4.70. The SMILES string of the molecule is CN(C)c1ccc2c(c1)C(=O)N(c1ccccc1CCc1ccccc1)C2=O. The lowest BCUT2D eigenvalue weighted by atomic mass is 10.0. The van der Waals surface area contributed by atoms with Crippen LogP contribution in [-0.4, -0.2) is 25.9 Å². The molecule has 0 aromatic heterocycles. The van der Waals surface area contributed by atoms with Crippen molar-refractivity contribution in [2.75, 3.05) is 23.9 Å². The number of amides is 2. The van der Waals surface area contributed by atoms with Gasteiger partial charge in [0, 0.05) is 19.8 Å². The Labute approximate surface area is 165 Å². The Morgan fingerprint density at radius 2 is 1.43 bits per heavy atom. The largest absolute Gasteiger partial charge is 0.378 e. The summed E-state index contributed by atoms with van der Waals surface area (Å²) in [6.07, 6.45) is 1.61. The van der Waals surface area contributed by atoms with E-state index in [0.717, 1.165) is 24.1 Å². The highest BCUT2D eigenvalue weighted by Crippen LogP contribution is 2.33. The van der Waals surface area contributed by atoms with Gasteiger partial charge in [-0.05, 0) is 48.2 Å². The number of rotatable bonds is 5. The number of carbonyl (C=O) groups is 2. The van der Waals surface area contributed by atoms with E-state index >= 15 is 0 Å². The summed E-state index contributed by atoms with van der Waals surface area (Å²) in [6.45, 7) is 0. The van der Waals surface area contributed by atoms with Crippen molar-refractivity contribution in [1.29, 1.82) is 0 Å². The Morgan fingerprint density at radius 3 is 2.18 bits per heavy atom. The number of aryl methyl sites for hydroxylation is 2. The predicted octanol–water partition coefficient (Wildman–Crippen LogP) is 4.34. The predicted molar refractivity (Wildman–Crippen MR) is 112 cm³/mol. The fraction of sp³-hybridized carbons (Fsp3) is 0.167. The molecular formula is C24H22N2O2. The van der Waals surface area contributed by atoms with Crippen LogP contribution in [0, 0.1) is 0 Å². The molecule has 0 fully saturated rings. The van der Waals surface area contributed by atoms with Gasteiger partial charge in [0.15, 0.2) is 0 Å². The van der Waals surface area contributed by atoms with Crippen molar-refractivity contribution >= 4 is 23.2 Å². The van der Waals surface area contributed by atoms with Crippen molar-refractivity contribution in [2.24, 2.45) is 0 Å². The van der Waals surface area contributed by atoms with Gasteiger partial charge in [-0.2, -0.15) is 0 Å². The molecule has 4 heteroatoms. The van der Waals surface area contributed by atoms with E-state index in [1.807, 2.05) is 67.5 Å². The zero-order valence-electron chi connectivity index (χ0n) is 16.1. The summed E-state index contributed by atoms with van der Waals surface area (Å²) < 4.78 is 0. The van der Waals surface area contributed by atoms with Crippen LogP contribution in [0.3, 0.4) is 0 Å². The fourth-order valence-corrected chi connectivity index (χ4v) is 3.59. The van der Waals surface area contributed by atoms with E-state index in [0.29, 0.717) is 16.8 Å². The third kappa shape index (κ3) is 3.18. The van der Waals surface area contributed by atoms with E-state index < -0.39 is 0 Å². The van der Waals surface area contributed by atoms with Gasteiger partial charge in [0.1, 0.15) is 0 Å². The van der Waals surface area contributed by atoms with E-state index in [9.17, 15) is 9.59 Å². The van der Waals surface area contributed by atoms with Crippen LogP contribution in [0.2, 0.25) is 0 Å². The summed E-state index contributed by atoms with van der Waals surface area (Å²) in [4.78, 5) is 29.4. The van der Waals surface area contributed by atoms with Crippen molar-refractivity contribution in [3.63, 3.8) is 0 Å². The Morgan fingerprint density at radius 1 is 0.750 bits per heavy atom. The highest BCUT2D eigenvalue weighted by atomic mass is 16.2. The third-order valence-corrected chi connectivity index (χ3v) is 5.14. The van der Waals surface area contributed by atoms with Gasteiger partial charge in [0.25, 0.3) is 11.8 Å². The van der Waals surface area contributed by atoms with Gasteiger partial charge in [-0.25, -0.2) is 4.90 Å². The number of benzene rings is 3. The fourth-order valence-electron chi connectivity index (χ4n) is 3.59. The molecular weight excluding hydrogens is 348 g/mol. The van der Waals surface area contributed by atoms with Gasteiger partial charge >= 0.3 is 0 Å². The number of hydrogen-bond acceptors (Lipinski definition) is 3. The van der Waals surface area contributed by atoms with Crippen molar-refractivity contribution in [3.05, 3.63) is 95.1 Å². The second kappa shape index (κ2) is 7.31. The number of anilines is 2. The van der Waals surface area contributed by atoms with Crippen LogP contribution in [0.15, 0.2) is 72.8 Å². The number of hydrogen-bond donors (Lipinski definition) is 0. The molecule has 0 aliphatic carbocycles. The first kappa shape index (κ1) is 18.0. The first-order valence-electron chi connectivity index (χ1n) is 9.38. The molecule has 0 spiro atoms. The molecule has 140 valence electrons. The maximum Gasteiger partial charge on any atom is 0.266 e. The second-order valence-electron chi connectivity index (χ2n) is 7.18. The van der Waals surface area contributed by atoms with Crippen LogP contribution in [0.1, 0.15) is 31.8 Å². The smallest absolute Gasteiger partial charge is 0.266 e. The second-order valence-corrected chi connectivity index (χ2v) is 7.18. The van der Waals surface area contributed by atoms with Gasteiger partial charge in [0.2, 0.25) is 0 Å². The van der Waals surface area contributed by atoms with Crippen molar-refractivity contribution in [3.8, 4) is 0 Å². The van der Waals surface area contributed by atoms with Crippen LogP contribution < -0.4 is 9.80 Å². The highest BCUT2D eigenvalue weighted by molar-refractivity contribution is 6.34. The van der Waals surface area contributed by atoms with E-state index in [4.69, 9.17) is 0 Å². The molecule has 0 saturated heterocycles. The van der Waals surface area contributed by atoms with E-state index in [1.54, 1.807) is 12.1 Å². The van der Waals surface area contributed by atoms with Gasteiger partial charge in [-0.1, -0.05) is 48.5 Å². The molecule has 0 N–H and O–H groups in total. The molecule has 4 nitrogen and oxygen atoms in total. The Hall–Kier alpha value is -3.40. The third-order valence-electron chi connectivity index (χ3n) is 5.14. The lowest BCUT2D eigenvalue weighted by molar-refractivity contribution is 0.0926. The topological polar surface area (TPSA) is 40.6 Å². The number of imide groups is 1. The van der Waals surface area contributed by atoms with Crippen molar-refractivity contribution < 1.29 is 9.59 Å². The molecule has 4 rings (SSSR count). The van der Waals surface area contributed by atoms with Crippen LogP contribution in [0.5, 0.6) is 0 Å². The maximum absolute atomic E-state index is 13.1. The minimum atomic E-state index is -0.254. The summed E-state index contributed by atoms with van der Waals surface area (Å²) in [7, 11) is 3.83. The van der Waals surface area contributed by atoms with Crippen molar-refractivity contribution in [1.82, 2.24) is 0 Å². The molecule has 1 heterocycles. The average molecular weight is 370 g/mol. The van der Waals surface area contributed by atoms with Gasteiger partial charge in [-0.15, -0.1) is 0 Å². The number of nitrogens with zero attached hydrogens (tertiary/aromatic N) is 2. The molecule has 0 atom stereocenters. The molecule has 2 amide bonds. The minimum absolute atomic E-state index is 0.252. The molecule has 1 aliphatic rings. The lowest BCUT2D eigenvalue weighted by Crippen LogP contribution is -2.30. The van der Waals surface area contributed by atoms with Crippen LogP contribution in [-0.2, 0) is 12.8 Å². The van der Waals surface area contributed by atoms with E-state index in [1.165, 1.54) is 10.5 Å². The normalized spacial score (nSPS) is 13.0. The Bertz CT molecular complexity index is 1040. The van der Waals surface area contributed by atoms with E-state index in [2.05, 4.69) is 12.1 Å². The maximum atomic E-state index is 13.1. The molecule has 0 saturated carbocycles. The molecule has 0 bridgehead atoms.